The van der Waals surface area contributed by atoms with E-state index in [0.717, 1.165) is 50.1 Å². The van der Waals surface area contributed by atoms with Crippen molar-refractivity contribution in [1.29, 1.82) is 0 Å². The lowest BCUT2D eigenvalue weighted by atomic mass is 9.87. The fourth-order valence-corrected chi connectivity index (χ4v) is 5.10. The Bertz CT molecular complexity index is 1750. The molecule has 6 nitrogen and oxygen atoms in total. The Morgan fingerprint density at radius 3 is 2.20 bits per heavy atom. The third-order valence-electron chi connectivity index (χ3n) is 7.67. The molecule has 0 spiro atoms. The van der Waals surface area contributed by atoms with Crippen LogP contribution in [0.4, 0.5) is 5.69 Å². The van der Waals surface area contributed by atoms with Crippen LogP contribution in [-0.2, 0) is 18.4 Å². The van der Waals surface area contributed by atoms with Gasteiger partial charge in [-0.25, -0.2) is 0 Å². The van der Waals surface area contributed by atoms with Crippen molar-refractivity contribution in [1.82, 2.24) is 4.57 Å². The van der Waals surface area contributed by atoms with E-state index in [-0.39, 0.29) is 11.2 Å². The van der Waals surface area contributed by atoms with Crippen molar-refractivity contribution in [3.63, 3.8) is 0 Å². The largest absolute Gasteiger partial charge is 0.490 e. The lowest BCUT2D eigenvalue weighted by Gasteiger charge is -2.18. The standard InChI is InChI=1S/C26H25NO2.C12H18NO2/c1-3-21-11-8-16-27(21)24-14-15-26(29-18-19-9-6-5-7-10-19)23-17-20(25(28)4-2)12-13-22(23)24;1-12(2,3)9-6-7-11(15-5)10(8-9)13(4)14/h5-17H,3-4,18H2,1-2H3;6-8H,1-5H3/q;+1. The van der Waals surface area contributed by atoms with Gasteiger partial charge in [-0.2, -0.15) is 0 Å². The van der Waals surface area contributed by atoms with Crippen LogP contribution in [0, 0.1) is 4.91 Å². The summed E-state index contributed by atoms with van der Waals surface area (Å²) >= 11 is 0. The zero-order valence-corrected chi connectivity index (χ0v) is 26.9. The van der Waals surface area contributed by atoms with Crippen LogP contribution in [-0.4, -0.2) is 29.3 Å². The van der Waals surface area contributed by atoms with Gasteiger partial charge in [-0.15, -0.1) is 0 Å². The molecule has 0 fully saturated rings. The van der Waals surface area contributed by atoms with E-state index in [1.165, 1.54) is 12.7 Å². The number of benzene rings is 4. The lowest BCUT2D eigenvalue weighted by Crippen LogP contribution is -2.11. The van der Waals surface area contributed by atoms with E-state index in [1.54, 1.807) is 7.11 Å². The highest BCUT2D eigenvalue weighted by Crippen LogP contribution is 2.34. The van der Waals surface area contributed by atoms with Crippen molar-refractivity contribution in [2.45, 2.75) is 59.5 Å². The normalized spacial score (nSPS) is 11.1. The van der Waals surface area contributed by atoms with Crippen LogP contribution in [0.25, 0.3) is 16.5 Å². The molecule has 5 aromatic rings. The SMILES string of the molecule is CCC(=O)c1ccc2c(-n3cccc3CC)ccc(OCc3ccccc3)c2c1.COc1ccc(C(C)(C)C)cc1[N+](C)=O. The van der Waals surface area contributed by atoms with Crippen molar-refractivity contribution in [2.24, 2.45) is 0 Å². The molecular formula is C38H43N2O4+. The molecule has 1 aromatic heterocycles. The summed E-state index contributed by atoms with van der Waals surface area (Å²) in [5, 5.41) is 2.04. The molecule has 0 N–H and O–H groups in total. The number of ketones is 1. The maximum atomic E-state index is 12.3. The number of methoxy groups -OCH3 is 1. The van der Waals surface area contributed by atoms with Crippen molar-refractivity contribution in [3.05, 3.63) is 124 Å². The number of ether oxygens (including phenoxy) is 2. The second kappa shape index (κ2) is 14.2. The molecule has 0 bridgehead atoms. The average molecular weight is 592 g/mol. The molecule has 0 amide bonds. The van der Waals surface area contributed by atoms with Crippen LogP contribution in [0.3, 0.4) is 0 Å². The number of aryl methyl sites for hydroxylation is 1. The molecule has 228 valence electrons. The molecular weight excluding hydrogens is 548 g/mol. The lowest BCUT2D eigenvalue weighted by molar-refractivity contribution is -0.429. The number of carbonyl (C=O) groups excluding carboxylic acids is 1. The molecule has 0 aliphatic rings. The maximum absolute atomic E-state index is 12.3. The Morgan fingerprint density at radius 1 is 0.841 bits per heavy atom. The summed E-state index contributed by atoms with van der Waals surface area (Å²) in [6, 6.07) is 30.1. The van der Waals surface area contributed by atoms with Crippen LogP contribution < -0.4 is 9.47 Å². The van der Waals surface area contributed by atoms with Gasteiger partial charge >= 0.3 is 0 Å². The third-order valence-corrected chi connectivity index (χ3v) is 7.67. The summed E-state index contributed by atoms with van der Waals surface area (Å²) in [5.74, 6) is 1.55. The Kier molecular flexibility index (Phi) is 10.4. The molecule has 0 atom stereocenters. The van der Waals surface area contributed by atoms with E-state index in [1.807, 2.05) is 67.6 Å². The average Bonchev–Trinajstić information content (AvgIpc) is 3.51. The van der Waals surface area contributed by atoms with Gasteiger partial charge in [0.15, 0.2) is 18.6 Å². The summed E-state index contributed by atoms with van der Waals surface area (Å²) in [6.07, 6.45) is 3.53. The van der Waals surface area contributed by atoms with Crippen LogP contribution >= 0.6 is 0 Å². The van der Waals surface area contributed by atoms with Crippen LogP contribution in [0.5, 0.6) is 11.5 Å². The van der Waals surface area contributed by atoms with Crippen LogP contribution in [0.1, 0.15) is 68.2 Å². The smallest absolute Gasteiger partial charge is 0.297 e. The van der Waals surface area contributed by atoms with Crippen molar-refractivity contribution in [3.8, 4) is 17.2 Å². The topological polar surface area (TPSA) is 60.5 Å². The number of carbonyl (C=O) groups is 1. The number of nitrogens with zero attached hydrogens (tertiary/aromatic N) is 2. The number of hydrogen-bond donors (Lipinski definition) is 0. The molecule has 1 heterocycles. The Morgan fingerprint density at radius 2 is 1.57 bits per heavy atom. The highest BCUT2D eigenvalue weighted by atomic mass is 16.5. The maximum Gasteiger partial charge on any atom is 0.297 e. The van der Waals surface area contributed by atoms with E-state index in [4.69, 9.17) is 9.47 Å². The van der Waals surface area contributed by atoms with Crippen molar-refractivity contribution < 1.29 is 19.0 Å². The predicted octanol–water partition coefficient (Wildman–Crippen LogP) is 9.40. The first-order valence-electron chi connectivity index (χ1n) is 15.1. The Balaban J connectivity index is 0.000000249. The van der Waals surface area contributed by atoms with Crippen molar-refractivity contribution >= 4 is 22.2 Å². The first kappa shape index (κ1) is 32.2. The number of hydrogen-bond acceptors (Lipinski definition) is 4. The number of nitroso groups, excluding NO2 is 1. The minimum atomic E-state index is 0.0387. The number of aromatic nitrogens is 1. The molecule has 5 rings (SSSR count). The molecule has 0 saturated heterocycles. The number of Topliss-reactive ketones (excluding diaryl/α,β-unsaturated/α-hetero) is 1. The van der Waals surface area contributed by atoms with Gasteiger partial charge in [-0.05, 0) is 59.4 Å². The molecule has 0 aliphatic heterocycles. The van der Waals surface area contributed by atoms with Gasteiger partial charge in [0.25, 0.3) is 5.69 Å². The minimum Gasteiger partial charge on any atom is -0.490 e. The summed E-state index contributed by atoms with van der Waals surface area (Å²) in [6.45, 7) is 10.9. The highest BCUT2D eigenvalue weighted by Gasteiger charge is 2.21. The van der Waals surface area contributed by atoms with E-state index in [9.17, 15) is 9.70 Å². The quantitative estimate of drug-likeness (QED) is 0.127. The molecule has 0 radical (unpaired) electrons. The van der Waals surface area contributed by atoms with Gasteiger partial charge in [0, 0.05) is 50.4 Å². The van der Waals surface area contributed by atoms with E-state index in [2.05, 4.69) is 68.8 Å². The summed E-state index contributed by atoms with van der Waals surface area (Å²) in [4.78, 5) is 23.7. The predicted molar refractivity (Wildman–Crippen MR) is 179 cm³/mol. The third kappa shape index (κ3) is 7.43. The Labute approximate surface area is 260 Å². The fourth-order valence-electron chi connectivity index (χ4n) is 5.10. The van der Waals surface area contributed by atoms with Crippen molar-refractivity contribution in [2.75, 3.05) is 14.2 Å². The van der Waals surface area contributed by atoms with Crippen LogP contribution in [0.15, 0.2) is 97.2 Å². The molecule has 0 aliphatic carbocycles. The fraction of sp³-hybridized carbons (Fsp3) is 0.289. The van der Waals surface area contributed by atoms with E-state index in [0.29, 0.717) is 24.5 Å². The zero-order valence-electron chi connectivity index (χ0n) is 26.9. The molecule has 6 heteroatoms. The summed E-state index contributed by atoms with van der Waals surface area (Å²) in [5.41, 5.74) is 5.93. The highest BCUT2D eigenvalue weighted by molar-refractivity contribution is 6.03. The molecule has 0 unspecified atom stereocenters. The molecule has 0 saturated carbocycles. The van der Waals surface area contributed by atoms with E-state index >= 15 is 0 Å². The molecule has 44 heavy (non-hydrogen) atoms. The van der Waals surface area contributed by atoms with Gasteiger partial charge in [0.05, 0.1) is 12.8 Å². The van der Waals surface area contributed by atoms with Crippen LogP contribution in [0.2, 0.25) is 0 Å². The second-order valence-electron chi connectivity index (χ2n) is 11.8. The van der Waals surface area contributed by atoms with Gasteiger partial charge in [0.1, 0.15) is 12.4 Å². The monoisotopic (exact) mass is 591 g/mol. The summed E-state index contributed by atoms with van der Waals surface area (Å²) in [7, 11) is 3.05. The Hall–Kier alpha value is -4.71. The number of rotatable bonds is 9. The van der Waals surface area contributed by atoms with Gasteiger partial charge in [-0.1, -0.05) is 83.1 Å². The first-order valence-corrected chi connectivity index (χ1v) is 15.1. The van der Waals surface area contributed by atoms with E-state index < -0.39 is 0 Å². The first-order chi connectivity index (χ1) is 21.1. The van der Waals surface area contributed by atoms with Gasteiger partial charge < -0.3 is 14.0 Å². The second-order valence-corrected chi connectivity index (χ2v) is 11.8. The molecule has 4 aromatic carbocycles. The number of fused-ring (bicyclic) bond motifs is 1. The minimum absolute atomic E-state index is 0.0387. The summed E-state index contributed by atoms with van der Waals surface area (Å²) < 4.78 is 14.4. The van der Waals surface area contributed by atoms with Gasteiger partial charge in [-0.3, -0.25) is 4.79 Å². The van der Waals surface area contributed by atoms with Gasteiger partial charge in [0.2, 0.25) is 0 Å². The zero-order chi connectivity index (χ0) is 31.9.